The summed E-state index contributed by atoms with van der Waals surface area (Å²) in [6.45, 7) is 0.768. The lowest BCUT2D eigenvalue weighted by molar-refractivity contribution is -0.137. The van der Waals surface area contributed by atoms with E-state index in [9.17, 15) is 9.59 Å². The number of fused-ring (bicyclic) bond motifs is 2. The number of hydrogen-bond donors (Lipinski definition) is 1. The van der Waals surface area contributed by atoms with E-state index in [0.29, 0.717) is 5.78 Å². The van der Waals surface area contributed by atoms with Gasteiger partial charge in [0.2, 0.25) is 5.91 Å². The number of amides is 1. The Hall–Kier alpha value is -1.12. The minimum absolute atomic E-state index is 0.0818. The minimum atomic E-state index is 0.0818. The van der Waals surface area contributed by atoms with Crippen LogP contribution in [0.1, 0.15) is 64.2 Å². The molecule has 3 atom stereocenters. The van der Waals surface area contributed by atoms with E-state index in [1.807, 2.05) is 0 Å². The summed E-state index contributed by atoms with van der Waals surface area (Å²) in [7, 11) is 0. The summed E-state index contributed by atoms with van der Waals surface area (Å²) in [6, 6.07) is 0. The lowest BCUT2D eigenvalue weighted by Gasteiger charge is -2.37. The molecular weight excluding hydrogens is 262 g/mol. The van der Waals surface area contributed by atoms with Crippen LogP contribution in [0.25, 0.3) is 0 Å². The standard InChI is InChI=1S/C18H27NO2/c20-17-14-7-4-8-15(17)12-16(11-14)18(21)19-10-9-13-5-2-1-3-6-13/h5,14-16H,1-4,6-12H2,(H,19,21)/t14-,15+,16?. The molecule has 0 aromatic rings. The minimum Gasteiger partial charge on any atom is -0.356 e. The lowest BCUT2D eigenvalue weighted by atomic mass is 9.67. The Morgan fingerprint density at radius 3 is 2.57 bits per heavy atom. The van der Waals surface area contributed by atoms with Gasteiger partial charge in [-0.3, -0.25) is 9.59 Å². The van der Waals surface area contributed by atoms with E-state index in [-0.39, 0.29) is 23.7 Å². The van der Waals surface area contributed by atoms with Crippen LogP contribution in [0.5, 0.6) is 0 Å². The van der Waals surface area contributed by atoms with Crippen LogP contribution in [-0.2, 0) is 9.59 Å². The van der Waals surface area contributed by atoms with Crippen molar-refractivity contribution in [2.45, 2.75) is 64.2 Å². The van der Waals surface area contributed by atoms with Crippen molar-refractivity contribution in [3.63, 3.8) is 0 Å². The quantitative estimate of drug-likeness (QED) is 0.806. The van der Waals surface area contributed by atoms with Gasteiger partial charge in [0.05, 0.1) is 0 Å². The van der Waals surface area contributed by atoms with Gasteiger partial charge in [0, 0.05) is 24.3 Å². The van der Waals surface area contributed by atoms with Gasteiger partial charge in [-0.05, 0) is 57.8 Å². The zero-order valence-corrected chi connectivity index (χ0v) is 12.9. The fourth-order valence-electron chi connectivity index (χ4n) is 4.32. The van der Waals surface area contributed by atoms with Gasteiger partial charge in [-0.2, -0.15) is 0 Å². The highest BCUT2D eigenvalue weighted by molar-refractivity contribution is 5.88. The zero-order chi connectivity index (χ0) is 14.7. The molecule has 0 spiro atoms. The molecule has 3 aliphatic rings. The van der Waals surface area contributed by atoms with Crippen LogP contribution in [0.3, 0.4) is 0 Å². The summed E-state index contributed by atoms with van der Waals surface area (Å²) in [5, 5.41) is 3.11. The molecule has 3 heteroatoms. The SMILES string of the molecule is O=C(NCCC1=CCCCC1)C1C[C@H]2CCC[C@@H](C1)C2=O. The largest absolute Gasteiger partial charge is 0.356 e. The Labute approximate surface area is 127 Å². The van der Waals surface area contributed by atoms with E-state index in [1.54, 1.807) is 0 Å². The van der Waals surface area contributed by atoms with Gasteiger partial charge in [-0.25, -0.2) is 0 Å². The molecule has 2 bridgehead atoms. The molecule has 3 nitrogen and oxygen atoms in total. The fraction of sp³-hybridized carbons (Fsp3) is 0.778. The molecule has 0 heterocycles. The molecule has 1 unspecified atom stereocenters. The monoisotopic (exact) mass is 289 g/mol. The maximum absolute atomic E-state index is 12.3. The molecule has 21 heavy (non-hydrogen) atoms. The molecule has 0 aromatic carbocycles. The molecule has 0 saturated heterocycles. The van der Waals surface area contributed by atoms with E-state index in [1.165, 1.54) is 37.7 Å². The third-order valence-electron chi connectivity index (χ3n) is 5.55. The van der Waals surface area contributed by atoms with E-state index in [0.717, 1.165) is 38.6 Å². The van der Waals surface area contributed by atoms with E-state index >= 15 is 0 Å². The Balaban J connectivity index is 1.45. The number of nitrogens with one attached hydrogen (secondary N) is 1. The molecule has 0 aliphatic heterocycles. The van der Waals surface area contributed by atoms with Crippen molar-refractivity contribution in [1.29, 1.82) is 0 Å². The van der Waals surface area contributed by atoms with Gasteiger partial charge >= 0.3 is 0 Å². The molecular formula is C18H27NO2. The predicted molar refractivity (Wildman–Crippen MR) is 82.7 cm³/mol. The van der Waals surface area contributed by atoms with Gasteiger partial charge in [-0.15, -0.1) is 0 Å². The van der Waals surface area contributed by atoms with Crippen LogP contribution in [0, 0.1) is 17.8 Å². The van der Waals surface area contributed by atoms with Crippen molar-refractivity contribution in [3.05, 3.63) is 11.6 Å². The zero-order valence-electron chi connectivity index (χ0n) is 12.9. The Morgan fingerprint density at radius 2 is 1.90 bits per heavy atom. The molecule has 3 aliphatic carbocycles. The molecule has 3 rings (SSSR count). The van der Waals surface area contributed by atoms with Crippen LogP contribution in [-0.4, -0.2) is 18.2 Å². The summed E-state index contributed by atoms with van der Waals surface area (Å²) in [5.41, 5.74) is 1.51. The first kappa shape index (κ1) is 14.8. The highest BCUT2D eigenvalue weighted by Gasteiger charge is 2.41. The van der Waals surface area contributed by atoms with E-state index < -0.39 is 0 Å². The highest BCUT2D eigenvalue weighted by Crippen LogP contribution is 2.40. The Bertz CT molecular complexity index is 424. The van der Waals surface area contributed by atoms with E-state index in [4.69, 9.17) is 0 Å². The fourth-order valence-corrected chi connectivity index (χ4v) is 4.32. The van der Waals surface area contributed by atoms with Gasteiger partial charge in [0.15, 0.2) is 0 Å². The second-order valence-corrected chi connectivity index (χ2v) is 7.04. The maximum Gasteiger partial charge on any atom is 0.223 e. The topological polar surface area (TPSA) is 46.2 Å². The molecule has 0 radical (unpaired) electrons. The number of ketones is 1. The van der Waals surface area contributed by atoms with Gasteiger partial charge < -0.3 is 5.32 Å². The van der Waals surface area contributed by atoms with Crippen molar-refractivity contribution in [3.8, 4) is 0 Å². The molecule has 116 valence electrons. The lowest BCUT2D eigenvalue weighted by Crippen LogP contribution is -2.42. The third kappa shape index (κ3) is 3.56. The third-order valence-corrected chi connectivity index (χ3v) is 5.55. The van der Waals surface area contributed by atoms with Crippen molar-refractivity contribution < 1.29 is 9.59 Å². The van der Waals surface area contributed by atoms with Crippen molar-refractivity contribution in [2.75, 3.05) is 6.54 Å². The maximum atomic E-state index is 12.3. The number of rotatable bonds is 4. The Kier molecular flexibility index (Phi) is 4.77. The smallest absolute Gasteiger partial charge is 0.223 e. The number of Topliss-reactive ketones (excluding diaryl/α,β-unsaturated/α-hetero) is 1. The molecule has 2 saturated carbocycles. The van der Waals surface area contributed by atoms with Crippen LogP contribution < -0.4 is 5.32 Å². The molecule has 0 aromatic heterocycles. The first-order chi connectivity index (χ1) is 10.2. The van der Waals surface area contributed by atoms with E-state index in [2.05, 4.69) is 11.4 Å². The summed E-state index contributed by atoms with van der Waals surface area (Å²) in [4.78, 5) is 24.4. The van der Waals surface area contributed by atoms with Crippen LogP contribution in [0.15, 0.2) is 11.6 Å². The number of hydrogen-bond acceptors (Lipinski definition) is 2. The highest BCUT2D eigenvalue weighted by atomic mass is 16.2. The van der Waals surface area contributed by atoms with Gasteiger partial charge in [0.25, 0.3) is 0 Å². The summed E-state index contributed by atoms with van der Waals surface area (Å²) >= 11 is 0. The van der Waals surface area contributed by atoms with Gasteiger partial charge in [-0.1, -0.05) is 18.1 Å². The van der Waals surface area contributed by atoms with Crippen molar-refractivity contribution in [2.24, 2.45) is 17.8 Å². The molecule has 1 amide bonds. The number of allylic oxidation sites excluding steroid dienone is 1. The first-order valence-corrected chi connectivity index (χ1v) is 8.73. The average molecular weight is 289 g/mol. The van der Waals surface area contributed by atoms with Crippen LogP contribution in [0.2, 0.25) is 0 Å². The van der Waals surface area contributed by atoms with Gasteiger partial charge in [0.1, 0.15) is 5.78 Å². The molecule has 1 N–H and O–H groups in total. The van der Waals surface area contributed by atoms with Crippen LogP contribution in [0.4, 0.5) is 0 Å². The average Bonchev–Trinajstić information content (AvgIpc) is 2.48. The second-order valence-electron chi connectivity index (χ2n) is 7.04. The summed E-state index contributed by atoms with van der Waals surface area (Å²) < 4.78 is 0. The van der Waals surface area contributed by atoms with Crippen LogP contribution >= 0.6 is 0 Å². The number of carbonyl (C=O) groups excluding carboxylic acids is 2. The normalized spacial score (nSPS) is 32.5. The first-order valence-electron chi connectivity index (χ1n) is 8.73. The molecule has 2 fully saturated rings. The predicted octanol–water partition coefficient (Wildman–Crippen LogP) is 3.39. The summed E-state index contributed by atoms with van der Waals surface area (Å²) in [5.74, 6) is 1.07. The van der Waals surface area contributed by atoms with Crippen molar-refractivity contribution >= 4 is 11.7 Å². The second kappa shape index (κ2) is 6.76. The Morgan fingerprint density at radius 1 is 1.14 bits per heavy atom. The van der Waals surface area contributed by atoms with Crippen molar-refractivity contribution in [1.82, 2.24) is 5.32 Å². The number of carbonyl (C=O) groups is 2. The summed E-state index contributed by atoms with van der Waals surface area (Å²) in [6.07, 6.45) is 13.1.